The van der Waals surface area contributed by atoms with Crippen LogP contribution in [0.15, 0.2) is 73.1 Å². The molecule has 1 aliphatic rings. The second-order valence-corrected chi connectivity index (χ2v) is 9.29. The van der Waals surface area contributed by atoms with Gasteiger partial charge in [0.15, 0.2) is 5.82 Å². The van der Waals surface area contributed by atoms with Gasteiger partial charge in [-0.05, 0) is 61.7 Å². The van der Waals surface area contributed by atoms with Crippen LogP contribution < -0.4 is 5.32 Å². The van der Waals surface area contributed by atoms with Crippen molar-refractivity contribution in [2.45, 2.75) is 31.7 Å². The average Bonchev–Trinajstić information content (AvgIpc) is 3.30. The lowest BCUT2D eigenvalue weighted by Gasteiger charge is -2.35. The van der Waals surface area contributed by atoms with Gasteiger partial charge < -0.3 is 10.4 Å². The molecule has 8 nitrogen and oxygen atoms in total. The fourth-order valence-electron chi connectivity index (χ4n) is 4.74. The van der Waals surface area contributed by atoms with E-state index in [1.165, 1.54) is 12.3 Å². The van der Waals surface area contributed by atoms with Crippen LogP contribution in [0.1, 0.15) is 40.5 Å². The summed E-state index contributed by atoms with van der Waals surface area (Å²) in [5.41, 5.74) is 3.05. The van der Waals surface area contributed by atoms with Crippen molar-refractivity contribution in [3.05, 3.63) is 95.8 Å². The van der Waals surface area contributed by atoms with E-state index in [2.05, 4.69) is 25.5 Å². The van der Waals surface area contributed by atoms with Crippen molar-refractivity contribution in [2.24, 2.45) is 0 Å². The monoisotopic (exact) mass is 494 g/mol. The van der Waals surface area contributed by atoms with E-state index in [0.29, 0.717) is 52.3 Å². The highest BCUT2D eigenvalue weighted by Gasteiger charge is 2.36. The molecule has 5 aromatic rings. The lowest BCUT2D eigenvalue weighted by Crippen LogP contribution is -2.44. The number of hydrogen-bond donors (Lipinski definition) is 2. The topological polar surface area (TPSA) is 106 Å². The van der Waals surface area contributed by atoms with E-state index in [4.69, 9.17) is 0 Å². The molecule has 0 bridgehead atoms. The number of carbonyl (C=O) groups excluding carboxylic acids is 1. The number of nitrogens with zero attached hydrogens (tertiary/aromatic N) is 5. The molecule has 1 amide bonds. The van der Waals surface area contributed by atoms with E-state index in [0.717, 1.165) is 5.56 Å². The Morgan fingerprint density at radius 1 is 1.03 bits per heavy atom. The van der Waals surface area contributed by atoms with Gasteiger partial charge >= 0.3 is 0 Å². The fraction of sp³-hybridized carbons (Fsp3) is 0.179. The minimum absolute atomic E-state index is 0.00260. The number of hydrogen-bond acceptors (Lipinski definition) is 6. The molecular formula is C28H23FN6O2. The average molecular weight is 495 g/mol. The number of para-hydroxylation sites is 1. The number of aromatic hydroxyl groups is 1. The zero-order valence-corrected chi connectivity index (χ0v) is 20.0. The molecule has 9 heteroatoms. The summed E-state index contributed by atoms with van der Waals surface area (Å²) in [6, 6.07) is 17.0. The third kappa shape index (κ3) is 4.18. The predicted octanol–water partition coefficient (Wildman–Crippen LogP) is 4.71. The van der Waals surface area contributed by atoms with E-state index in [-0.39, 0.29) is 29.4 Å². The molecule has 37 heavy (non-hydrogen) atoms. The highest BCUT2D eigenvalue weighted by atomic mass is 19.1. The molecule has 0 aliphatic heterocycles. The van der Waals surface area contributed by atoms with Crippen molar-refractivity contribution in [3.63, 3.8) is 0 Å². The first-order chi connectivity index (χ1) is 18.0. The van der Waals surface area contributed by atoms with Gasteiger partial charge in [0, 0.05) is 29.1 Å². The molecule has 184 valence electrons. The van der Waals surface area contributed by atoms with Gasteiger partial charge in [-0.25, -0.2) is 4.39 Å². The SMILES string of the molecule is Cc1ccc(-c2nnc(C3CC(NC(=O)c4cccc5ncc(O)cc45)C3)n2-c2ccccc2F)nc1. The first-order valence-electron chi connectivity index (χ1n) is 12.0. The number of aromatic nitrogens is 5. The largest absolute Gasteiger partial charge is 0.506 e. The summed E-state index contributed by atoms with van der Waals surface area (Å²) in [5.74, 6) is 0.469. The molecule has 1 aliphatic carbocycles. The van der Waals surface area contributed by atoms with E-state index in [9.17, 15) is 14.3 Å². The summed E-state index contributed by atoms with van der Waals surface area (Å²) in [7, 11) is 0. The number of benzene rings is 2. The van der Waals surface area contributed by atoms with Gasteiger partial charge in [-0.1, -0.05) is 24.3 Å². The Morgan fingerprint density at radius 2 is 1.86 bits per heavy atom. The van der Waals surface area contributed by atoms with E-state index in [1.807, 2.05) is 19.1 Å². The molecular weight excluding hydrogens is 471 g/mol. The van der Waals surface area contributed by atoms with Crippen LogP contribution in [0.5, 0.6) is 5.75 Å². The lowest BCUT2D eigenvalue weighted by molar-refractivity contribution is 0.0909. The lowest BCUT2D eigenvalue weighted by atomic mass is 9.79. The van der Waals surface area contributed by atoms with Gasteiger partial charge in [0.2, 0.25) is 0 Å². The summed E-state index contributed by atoms with van der Waals surface area (Å²) in [5, 5.41) is 22.3. The smallest absolute Gasteiger partial charge is 0.252 e. The van der Waals surface area contributed by atoms with E-state index >= 15 is 0 Å². The minimum atomic E-state index is -0.381. The van der Waals surface area contributed by atoms with Gasteiger partial charge in [-0.3, -0.25) is 19.3 Å². The van der Waals surface area contributed by atoms with Crippen LogP contribution in [0.4, 0.5) is 4.39 Å². The zero-order valence-electron chi connectivity index (χ0n) is 20.0. The molecule has 2 aromatic carbocycles. The highest BCUT2D eigenvalue weighted by molar-refractivity contribution is 6.06. The molecule has 0 atom stereocenters. The summed E-state index contributed by atoms with van der Waals surface area (Å²) in [6.45, 7) is 1.95. The molecule has 1 fully saturated rings. The van der Waals surface area contributed by atoms with Gasteiger partial charge in [0.25, 0.3) is 5.91 Å². The van der Waals surface area contributed by atoms with Crippen molar-refractivity contribution in [3.8, 4) is 23.0 Å². The van der Waals surface area contributed by atoms with Crippen LogP contribution in [-0.4, -0.2) is 41.8 Å². The Morgan fingerprint density at radius 3 is 2.65 bits per heavy atom. The molecule has 0 saturated heterocycles. The summed E-state index contributed by atoms with van der Waals surface area (Å²) in [4.78, 5) is 21.7. The standard InChI is InChI=1S/C28H23FN6O2/c1-16-9-10-24(30-14-16)27-34-33-26(35(27)25-8-3-2-6-22(25)29)17-11-18(12-17)32-28(37)20-5-4-7-23-21(20)13-19(36)15-31-23/h2-10,13-15,17-18,36H,11-12H2,1H3,(H,32,37). The minimum Gasteiger partial charge on any atom is -0.506 e. The Hall–Kier alpha value is -4.66. The number of carbonyl (C=O) groups is 1. The molecule has 2 N–H and O–H groups in total. The van der Waals surface area contributed by atoms with Crippen molar-refractivity contribution in [1.29, 1.82) is 0 Å². The molecule has 3 aromatic heterocycles. The normalized spacial score (nSPS) is 16.9. The van der Waals surface area contributed by atoms with Gasteiger partial charge in [0.1, 0.15) is 23.1 Å². The van der Waals surface area contributed by atoms with Crippen LogP contribution >= 0.6 is 0 Å². The van der Waals surface area contributed by atoms with Crippen LogP contribution in [0.2, 0.25) is 0 Å². The number of pyridine rings is 2. The molecule has 0 spiro atoms. The Bertz CT molecular complexity index is 1630. The van der Waals surface area contributed by atoms with Crippen LogP contribution in [-0.2, 0) is 0 Å². The van der Waals surface area contributed by atoms with Crippen LogP contribution in [0.25, 0.3) is 28.1 Å². The number of rotatable bonds is 5. The van der Waals surface area contributed by atoms with Crippen LogP contribution in [0, 0.1) is 12.7 Å². The van der Waals surface area contributed by atoms with E-state index < -0.39 is 0 Å². The fourth-order valence-corrected chi connectivity index (χ4v) is 4.74. The maximum atomic E-state index is 14.9. The Kier molecular flexibility index (Phi) is 5.60. The third-order valence-corrected chi connectivity index (χ3v) is 6.72. The van der Waals surface area contributed by atoms with Crippen molar-refractivity contribution >= 4 is 16.8 Å². The number of fused-ring (bicyclic) bond motifs is 1. The second-order valence-electron chi connectivity index (χ2n) is 9.29. The van der Waals surface area contributed by atoms with Crippen molar-refractivity contribution in [1.82, 2.24) is 30.0 Å². The van der Waals surface area contributed by atoms with Gasteiger partial charge in [0.05, 0.1) is 17.4 Å². The third-order valence-electron chi connectivity index (χ3n) is 6.72. The van der Waals surface area contributed by atoms with Gasteiger partial charge in [-0.2, -0.15) is 0 Å². The first-order valence-corrected chi connectivity index (χ1v) is 12.0. The van der Waals surface area contributed by atoms with Gasteiger partial charge in [-0.15, -0.1) is 10.2 Å². The molecule has 1 saturated carbocycles. The quantitative estimate of drug-likeness (QED) is 0.367. The van der Waals surface area contributed by atoms with Crippen molar-refractivity contribution in [2.75, 3.05) is 0 Å². The summed E-state index contributed by atoms with van der Waals surface area (Å²) >= 11 is 0. The number of halogens is 1. The van der Waals surface area contributed by atoms with Crippen LogP contribution in [0.3, 0.4) is 0 Å². The second kappa shape index (κ2) is 9.09. The number of amides is 1. The summed E-state index contributed by atoms with van der Waals surface area (Å²) in [6.07, 6.45) is 4.36. The molecule has 0 unspecified atom stereocenters. The molecule has 3 heterocycles. The number of nitrogens with one attached hydrogen (secondary N) is 1. The predicted molar refractivity (Wildman–Crippen MR) is 136 cm³/mol. The highest BCUT2D eigenvalue weighted by Crippen LogP contribution is 2.39. The van der Waals surface area contributed by atoms with Crippen molar-refractivity contribution < 1.29 is 14.3 Å². The Labute approximate surface area is 211 Å². The maximum absolute atomic E-state index is 14.9. The van der Waals surface area contributed by atoms with E-state index in [1.54, 1.807) is 53.2 Å². The zero-order chi connectivity index (χ0) is 25.5. The molecule has 6 rings (SSSR count). The summed E-state index contributed by atoms with van der Waals surface area (Å²) < 4.78 is 16.6. The number of aryl methyl sites for hydroxylation is 1. The Balaban J connectivity index is 1.26. The first kappa shape index (κ1) is 22.8. The molecule has 0 radical (unpaired) electrons. The maximum Gasteiger partial charge on any atom is 0.252 e.